The molecule has 1 aromatic carbocycles. The number of pyridine rings is 1. The molecule has 0 aliphatic heterocycles. The van der Waals surface area contributed by atoms with Crippen molar-refractivity contribution in [2.45, 2.75) is 0 Å². The predicted molar refractivity (Wildman–Crippen MR) is 58.7 cm³/mol. The van der Waals surface area contributed by atoms with Crippen molar-refractivity contribution < 1.29 is 8.78 Å². The quantitative estimate of drug-likeness (QED) is 0.773. The predicted octanol–water partition coefficient (Wildman–Crippen LogP) is 3.13. The van der Waals surface area contributed by atoms with E-state index in [0.29, 0.717) is 5.82 Å². The monoisotopic (exact) mass is 220 g/mol. The zero-order chi connectivity index (χ0) is 11.5. The third-order valence-corrected chi connectivity index (χ3v) is 2.27. The van der Waals surface area contributed by atoms with Gasteiger partial charge in [0.25, 0.3) is 0 Å². The molecular weight excluding hydrogens is 210 g/mol. The van der Waals surface area contributed by atoms with Crippen LogP contribution in [0.4, 0.5) is 20.3 Å². The van der Waals surface area contributed by atoms with Gasteiger partial charge in [0, 0.05) is 12.7 Å². The van der Waals surface area contributed by atoms with Crippen LogP contribution in [0.25, 0.3) is 0 Å². The highest BCUT2D eigenvalue weighted by Crippen LogP contribution is 2.21. The summed E-state index contributed by atoms with van der Waals surface area (Å²) in [6, 6.07) is 8.92. The number of hydrogen-bond donors (Lipinski definition) is 0. The van der Waals surface area contributed by atoms with E-state index in [1.165, 1.54) is 18.2 Å². The Hall–Kier alpha value is -1.97. The van der Waals surface area contributed by atoms with Crippen LogP contribution in [0.5, 0.6) is 0 Å². The molecule has 1 aromatic heterocycles. The summed E-state index contributed by atoms with van der Waals surface area (Å²) in [5.41, 5.74) is 0.792. The summed E-state index contributed by atoms with van der Waals surface area (Å²) in [5.74, 6) is -0.0616. The molecule has 2 nitrogen and oxygen atoms in total. The summed E-state index contributed by atoms with van der Waals surface area (Å²) < 4.78 is 25.4. The van der Waals surface area contributed by atoms with E-state index >= 15 is 0 Å². The highest BCUT2D eigenvalue weighted by molar-refractivity contribution is 5.58. The first kappa shape index (κ1) is 10.5. The highest BCUT2D eigenvalue weighted by atomic mass is 19.1. The Morgan fingerprint density at radius 1 is 0.938 bits per heavy atom. The van der Waals surface area contributed by atoms with Crippen molar-refractivity contribution in [3.8, 4) is 0 Å². The molecule has 2 aromatic rings. The average Bonchev–Trinajstić information content (AvgIpc) is 2.30. The third-order valence-electron chi connectivity index (χ3n) is 2.27. The molecule has 0 spiro atoms. The zero-order valence-corrected chi connectivity index (χ0v) is 8.69. The van der Waals surface area contributed by atoms with Crippen molar-refractivity contribution in [3.05, 3.63) is 54.2 Å². The van der Waals surface area contributed by atoms with Gasteiger partial charge in [0.15, 0.2) is 0 Å². The normalized spacial score (nSPS) is 10.2. The topological polar surface area (TPSA) is 16.1 Å². The summed E-state index contributed by atoms with van der Waals surface area (Å²) in [6.07, 6.45) is 1.15. The van der Waals surface area contributed by atoms with Crippen molar-refractivity contribution in [1.29, 1.82) is 0 Å². The van der Waals surface area contributed by atoms with E-state index in [2.05, 4.69) is 4.98 Å². The second kappa shape index (κ2) is 4.26. The molecule has 4 heteroatoms. The van der Waals surface area contributed by atoms with Gasteiger partial charge in [-0.2, -0.15) is 0 Å². The third kappa shape index (κ3) is 2.16. The maximum atomic E-state index is 12.7. The average molecular weight is 220 g/mol. The van der Waals surface area contributed by atoms with Crippen molar-refractivity contribution in [3.63, 3.8) is 0 Å². The van der Waals surface area contributed by atoms with Crippen LogP contribution in [0.2, 0.25) is 0 Å². The van der Waals surface area contributed by atoms with E-state index < -0.39 is 0 Å². The maximum absolute atomic E-state index is 12.7. The van der Waals surface area contributed by atoms with Gasteiger partial charge in [-0.1, -0.05) is 0 Å². The molecule has 0 aliphatic carbocycles. The molecule has 0 radical (unpaired) electrons. The SMILES string of the molecule is CN(c1ccc(F)cc1)c1ccc(F)cn1. The summed E-state index contributed by atoms with van der Waals surface area (Å²) >= 11 is 0. The van der Waals surface area contributed by atoms with E-state index in [9.17, 15) is 8.78 Å². The van der Waals surface area contributed by atoms with Crippen LogP contribution in [0.15, 0.2) is 42.6 Å². The minimum absolute atomic E-state index is 0.288. The molecule has 1 heterocycles. The van der Waals surface area contributed by atoms with Crippen LogP contribution in [-0.4, -0.2) is 12.0 Å². The molecule has 0 N–H and O–H groups in total. The van der Waals surface area contributed by atoms with Gasteiger partial charge in [-0.3, -0.25) is 0 Å². The zero-order valence-electron chi connectivity index (χ0n) is 8.69. The number of aromatic nitrogens is 1. The van der Waals surface area contributed by atoms with Gasteiger partial charge in [-0.25, -0.2) is 13.8 Å². The van der Waals surface area contributed by atoms with E-state index in [1.807, 2.05) is 0 Å². The van der Waals surface area contributed by atoms with Crippen molar-refractivity contribution >= 4 is 11.5 Å². The van der Waals surface area contributed by atoms with Gasteiger partial charge < -0.3 is 4.90 Å². The van der Waals surface area contributed by atoms with Gasteiger partial charge in [0.1, 0.15) is 17.5 Å². The Bertz CT molecular complexity index is 420. The molecule has 0 fully saturated rings. The molecule has 0 bridgehead atoms. The van der Waals surface area contributed by atoms with Gasteiger partial charge in [0.05, 0.1) is 6.20 Å². The fourth-order valence-electron chi connectivity index (χ4n) is 1.36. The van der Waals surface area contributed by atoms with Crippen LogP contribution in [0.3, 0.4) is 0 Å². The molecule has 16 heavy (non-hydrogen) atoms. The minimum atomic E-state index is -0.378. The smallest absolute Gasteiger partial charge is 0.141 e. The van der Waals surface area contributed by atoms with Gasteiger partial charge in [0.2, 0.25) is 0 Å². The number of hydrogen-bond acceptors (Lipinski definition) is 2. The lowest BCUT2D eigenvalue weighted by Crippen LogP contribution is -2.10. The summed E-state index contributed by atoms with van der Waals surface area (Å²) in [6.45, 7) is 0. The Labute approximate surface area is 92.2 Å². The number of benzene rings is 1. The molecule has 0 saturated carbocycles. The summed E-state index contributed by atoms with van der Waals surface area (Å²) in [7, 11) is 1.79. The number of halogens is 2. The fraction of sp³-hybridized carbons (Fsp3) is 0.0833. The molecule has 0 unspecified atom stereocenters. The largest absolute Gasteiger partial charge is 0.329 e. The maximum Gasteiger partial charge on any atom is 0.141 e. The second-order valence-electron chi connectivity index (χ2n) is 3.37. The molecule has 0 saturated heterocycles. The van der Waals surface area contributed by atoms with Crippen molar-refractivity contribution in [2.75, 3.05) is 11.9 Å². The van der Waals surface area contributed by atoms with E-state index in [0.717, 1.165) is 11.9 Å². The molecular formula is C12H10F2N2. The Balaban J connectivity index is 2.28. The first-order valence-corrected chi connectivity index (χ1v) is 4.77. The molecule has 0 atom stereocenters. The molecule has 82 valence electrons. The van der Waals surface area contributed by atoms with Gasteiger partial charge >= 0.3 is 0 Å². The van der Waals surface area contributed by atoms with Crippen molar-refractivity contribution in [1.82, 2.24) is 4.98 Å². The lowest BCUT2D eigenvalue weighted by atomic mass is 10.3. The summed E-state index contributed by atoms with van der Waals surface area (Å²) in [4.78, 5) is 5.68. The van der Waals surface area contributed by atoms with E-state index in [4.69, 9.17) is 0 Å². The van der Waals surface area contributed by atoms with Crippen LogP contribution < -0.4 is 4.90 Å². The van der Waals surface area contributed by atoms with Crippen molar-refractivity contribution in [2.24, 2.45) is 0 Å². The Morgan fingerprint density at radius 3 is 2.12 bits per heavy atom. The highest BCUT2D eigenvalue weighted by Gasteiger charge is 2.05. The lowest BCUT2D eigenvalue weighted by Gasteiger charge is -2.17. The molecule has 2 rings (SSSR count). The first-order valence-electron chi connectivity index (χ1n) is 4.77. The van der Waals surface area contributed by atoms with Gasteiger partial charge in [-0.15, -0.1) is 0 Å². The van der Waals surface area contributed by atoms with Crippen LogP contribution in [0, 0.1) is 11.6 Å². The van der Waals surface area contributed by atoms with E-state index in [-0.39, 0.29) is 11.6 Å². The van der Waals surface area contributed by atoms with Crippen LogP contribution in [0.1, 0.15) is 0 Å². The standard InChI is InChI=1S/C12H10F2N2/c1-16(11-5-2-9(13)3-6-11)12-7-4-10(14)8-15-12/h2-8H,1H3. The molecule has 0 amide bonds. The summed E-state index contributed by atoms with van der Waals surface area (Å²) in [5, 5.41) is 0. The van der Waals surface area contributed by atoms with Crippen LogP contribution >= 0.6 is 0 Å². The van der Waals surface area contributed by atoms with Gasteiger partial charge in [-0.05, 0) is 36.4 Å². The first-order chi connectivity index (χ1) is 7.66. The number of nitrogens with zero attached hydrogens (tertiary/aromatic N) is 2. The number of rotatable bonds is 2. The number of anilines is 2. The fourth-order valence-corrected chi connectivity index (χ4v) is 1.36. The molecule has 0 aliphatic rings. The Morgan fingerprint density at radius 2 is 1.56 bits per heavy atom. The lowest BCUT2D eigenvalue weighted by molar-refractivity contribution is 0.621. The second-order valence-corrected chi connectivity index (χ2v) is 3.37. The minimum Gasteiger partial charge on any atom is -0.329 e. The van der Waals surface area contributed by atoms with Crippen LogP contribution in [-0.2, 0) is 0 Å². The Kier molecular flexibility index (Phi) is 2.81. The van der Waals surface area contributed by atoms with E-state index in [1.54, 1.807) is 30.1 Å².